The summed E-state index contributed by atoms with van der Waals surface area (Å²) < 4.78 is 5.45. The standard InChI is InChI=1S/C36H30N2O4/c1-21-15-17-23(18-16-21)33(39)31-32(34(40)24-9-8-10-25(20-24)42-3)38-29-14-7-4-11-26(29)22(2)19-30(38)36(31)27-12-5-6-13-28(27)37-35(36)41/h4-20,30-32H,1-3H3,(H,37,41)/t30-,31-,32-,36+/m1/s1. The Labute approximate surface area is 244 Å². The summed E-state index contributed by atoms with van der Waals surface area (Å²) in [6.45, 7) is 3.99. The molecule has 6 heteroatoms. The highest BCUT2D eigenvalue weighted by Gasteiger charge is 2.70. The second-order valence-electron chi connectivity index (χ2n) is 11.3. The number of methoxy groups -OCH3 is 1. The first-order valence-corrected chi connectivity index (χ1v) is 14.1. The largest absolute Gasteiger partial charge is 0.497 e. The first-order valence-electron chi connectivity index (χ1n) is 14.1. The summed E-state index contributed by atoms with van der Waals surface area (Å²) >= 11 is 0. The van der Waals surface area contributed by atoms with Crippen molar-refractivity contribution in [1.82, 2.24) is 0 Å². The summed E-state index contributed by atoms with van der Waals surface area (Å²) in [7, 11) is 1.56. The van der Waals surface area contributed by atoms with Crippen LogP contribution in [-0.2, 0) is 10.2 Å². The van der Waals surface area contributed by atoms with Crippen LogP contribution in [0, 0.1) is 12.8 Å². The molecule has 0 bridgehead atoms. The molecule has 0 saturated carbocycles. The topological polar surface area (TPSA) is 75.7 Å². The van der Waals surface area contributed by atoms with Crippen molar-refractivity contribution in [1.29, 1.82) is 0 Å². The van der Waals surface area contributed by atoms with Gasteiger partial charge in [0, 0.05) is 28.1 Å². The first-order chi connectivity index (χ1) is 20.4. The fourth-order valence-electron chi connectivity index (χ4n) is 7.23. The number of Topliss-reactive ketones (excluding diaryl/α,β-unsaturated/α-hetero) is 2. The molecule has 0 radical (unpaired) electrons. The zero-order chi connectivity index (χ0) is 29.2. The molecule has 0 aromatic heterocycles. The van der Waals surface area contributed by atoms with Gasteiger partial charge in [-0.05, 0) is 49.2 Å². The van der Waals surface area contributed by atoms with E-state index in [0.29, 0.717) is 22.6 Å². The summed E-state index contributed by atoms with van der Waals surface area (Å²) in [4.78, 5) is 46.2. The van der Waals surface area contributed by atoms with Gasteiger partial charge >= 0.3 is 0 Å². The molecule has 1 amide bonds. The highest BCUT2D eigenvalue weighted by molar-refractivity contribution is 6.18. The number of para-hydroxylation sites is 2. The average Bonchev–Trinajstić information content (AvgIpc) is 3.49. The number of carbonyl (C=O) groups excluding carboxylic acids is 3. The molecule has 1 spiro atoms. The van der Waals surface area contributed by atoms with Crippen molar-refractivity contribution in [3.63, 3.8) is 0 Å². The molecule has 0 unspecified atom stereocenters. The van der Waals surface area contributed by atoms with E-state index in [4.69, 9.17) is 4.74 Å². The lowest BCUT2D eigenvalue weighted by atomic mass is 9.64. The smallest absolute Gasteiger partial charge is 0.238 e. The van der Waals surface area contributed by atoms with Gasteiger partial charge in [-0.3, -0.25) is 14.4 Å². The number of fused-ring (bicyclic) bond motifs is 6. The maximum atomic E-state index is 14.9. The summed E-state index contributed by atoms with van der Waals surface area (Å²) in [6.07, 6.45) is 2.07. The zero-order valence-corrected chi connectivity index (χ0v) is 23.6. The number of nitrogens with zero attached hydrogens (tertiary/aromatic N) is 1. The maximum Gasteiger partial charge on any atom is 0.238 e. The number of nitrogens with one attached hydrogen (secondary N) is 1. The van der Waals surface area contributed by atoms with Gasteiger partial charge in [0.15, 0.2) is 11.6 Å². The predicted octanol–water partition coefficient (Wildman–Crippen LogP) is 6.25. The van der Waals surface area contributed by atoms with Gasteiger partial charge in [-0.15, -0.1) is 0 Å². The number of rotatable bonds is 5. The molecule has 208 valence electrons. The van der Waals surface area contributed by atoms with Crippen LogP contribution in [0.2, 0.25) is 0 Å². The number of allylic oxidation sites excluding steroid dienone is 1. The second-order valence-corrected chi connectivity index (χ2v) is 11.3. The van der Waals surface area contributed by atoms with Gasteiger partial charge < -0.3 is 15.0 Å². The Bertz CT molecular complexity index is 1810. The highest BCUT2D eigenvalue weighted by Crippen LogP contribution is 2.58. The lowest BCUT2D eigenvalue weighted by Crippen LogP contribution is -2.51. The van der Waals surface area contributed by atoms with Crippen molar-refractivity contribution < 1.29 is 19.1 Å². The van der Waals surface area contributed by atoms with Crippen LogP contribution in [0.5, 0.6) is 5.75 Å². The van der Waals surface area contributed by atoms with Crippen LogP contribution in [-0.4, -0.2) is 36.7 Å². The third-order valence-corrected chi connectivity index (χ3v) is 9.13. The fourth-order valence-corrected chi connectivity index (χ4v) is 7.23. The SMILES string of the molecule is COc1cccc(C(=O)[C@H]2[C@H](C(=O)c3ccc(C)cc3)[C@@]3(C(=O)Nc4ccccc43)[C@H]3C=C(C)c4ccccc4N23)c1. The molecule has 6 nitrogen and oxygen atoms in total. The summed E-state index contributed by atoms with van der Waals surface area (Å²) in [6, 6.07) is 28.3. The van der Waals surface area contributed by atoms with Gasteiger partial charge in [0.1, 0.15) is 17.2 Å². The molecule has 4 atom stereocenters. The number of ether oxygens (including phenoxy) is 1. The molecule has 3 aliphatic heterocycles. The van der Waals surface area contributed by atoms with E-state index in [-0.39, 0.29) is 17.5 Å². The molecule has 4 aromatic carbocycles. The van der Waals surface area contributed by atoms with E-state index in [0.717, 1.165) is 28.0 Å². The van der Waals surface area contributed by atoms with E-state index < -0.39 is 23.4 Å². The Hall–Kier alpha value is -4.97. The molecule has 0 aliphatic carbocycles. The van der Waals surface area contributed by atoms with Crippen molar-refractivity contribution >= 4 is 34.4 Å². The van der Waals surface area contributed by atoms with Crippen molar-refractivity contribution in [2.75, 3.05) is 17.3 Å². The number of anilines is 2. The molecule has 4 aromatic rings. The number of aryl methyl sites for hydroxylation is 1. The van der Waals surface area contributed by atoms with Crippen LogP contribution in [0.3, 0.4) is 0 Å². The van der Waals surface area contributed by atoms with E-state index in [1.165, 1.54) is 0 Å². The van der Waals surface area contributed by atoms with Gasteiger partial charge in [-0.1, -0.05) is 84.4 Å². The molecule has 3 aliphatic rings. The zero-order valence-electron chi connectivity index (χ0n) is 23.6. The Kier molecular flexibility index (Phi) is 5.91. The summed E-state index contributed by atoms with van der Waals surface area (Å²) in [5.74, 6) is -1.20. The van der Waals surface area contributed by atoms with Crippen molar-refractivity contribution in [2.45, 2.75) is 31.3 Å². The van der Waals surface area contributed by atoms with Crippen LogP contribution < -0.4 is 15.0 Å². The molecule has 1 saturated heterocycles. The van der Waals surface area contributed by atoms with E-state index in [2.05, 4.69) is 11.4 Å². The van der Waals surface area contributed by atoms with Crippen molar-refractivity contribution in [3.8, 4) is 5.75 Å². The molecule has 1 N–H and O–H groups in total. The fraction of sp³-hybridized carbons (Fsp3) is 0.194. The highest BCUT2D eigenvalue weighted by atomic mass is 16.5. The number of hydrogen-bond acceptors (Lipinski definition) is 5. The summed E-state index contributed by atoms with van der Waals surface area (Å²) in [5, 5.41) is 3.09. The lowest BCUT2D eigenvalue weighted by Gasteiger charge is -2.39. The van der Waals surface area contributed by atoms with Crippen LogP contribution >= 0.6 is 0 Å². The molecule has 7 rings (SSSR count). The minimum Gasteiger partial charge on any atom is -0.497 e. The minimum atomic E-state index is -1.34. The molecule has 1 fully saturated rings. The quantitative estimate of drug-likeness (QED) is 0.295. The number of ketones is 2. The Balaban J connectivity index is 1.55. The van der Waals surface area contributed by atoms with Crippen molar-refractivity contribution in [3.05, 3.63) is 131 Å². The number of amides is 1. The minimum absolute atomic E-state index is 0.235. The van der Waals surface area contributed by atoms with Gasteiger partial charge in [0.25, 0.3) is 0 Å². The van der Waals surface area contributed by atoms with Gasteiger partial charge in [-0.25, -0.2) is 0 Å². The van der Waals surface area contributed by atoms with Crippen LogP contribution in [0.25, 0.3) is 5.57 Å². The molecule has 3 heterocycles. The number of benzene rings is 4. The Morgan fingerprint density at radius 1 is 0.833 bits per heavy atom. The van der Waals surface area contributed by atoms with Gasteiger partial charge in [0.2, 0.25) is 5.91 Å². The normalized spacial score (nSPS) is 23.5. The van der Waals surface area contributed by atoms with Crippen molar-refractivity contribution in [2.24, 2.45) is 5.92 Å². The van der Waals surface area contributed by atoms with Gasteiger partial charge in [-0.2, -0.15) is 0 Å². The average molecular weight is 555 g/mol. The van der Waals surface area contributed by atoms with Crippen LogP contribution in [0.4, 0.5) is 11.4 Å². The Morgan fingerprint density at radius 2 is 1.57 bits per heavy atom. The van der Waals surface area contributed by atoms with E-state index in [1.807, 2.05) is 79.4 Å². The second kappa shape index (κ2) is 9.55. The molecular weight excluding hydrogens is 524 g/mol. The van der Waals surface area contributed by atoms with Gasteiger partial charge in [0.05, 0.1) is 19.1 Å². The number of carbonyl (C=O) groups is 3. The van der Waals surface area contributed by atoms with Crippen LogP contribution in [0.15, 0.2) is 103 Å². The molecule has 42 heavy (non-hydrogen) atoms. The molecular formula is C36H30N2O4. The Morgan fingerprint density at radius 3 is 2.36 bits per heavy atom. The van der Waals surface area contributed by atoms with E-state index in [1.54, 1.807) is 43.5 Å². The monoisotopic (exact) mass is 554 g/mol. The maximum absolute atomic E-state index is 14.9. The van der Waals surface area contributed by atoms with Crippen LogP contribution in [0.1, 0.15) is 44.3 Å². The van der Waals surface area contributed by atoms with E-state index >= 15 is 0 Å². The first kappa shape index (κ1) is 26.0. The number of hydrogen-bond donors (Lipinski definition) is 1. The third-order valence-electron chi connectivity index (χ3n) is 9.13. The third kappa shape index (κ3) is 3.54. The van der Waals surface area contributed by atoms with E-state index in [9.17, 15) is 14.4 Å². The lowest BCUT2D eigenvalue weighted by molar-refractivity contribution is -0.121. The summed E-state index contributed by atoms with van der Waals surface area (Å²) in [5.41, 5.74) is 4.79. The predicted molar refractivity (Wildman–Crippen MR) is 163 cm³/mol.